The zero-order valence-corrected chi connectivity index (χ0v) is 12.6. The number of aliphatic hydroxyl groups excluding tert-OH is 1. The van der Waals surface area contributed by atoms with Crippen molar-refractivity contribution in [3.8, 4) is 0 Å². The molecule has 1 atom stereocenters. The van der Waals surface area contributed by atoms with Gasteiger partial charge in [-0.05, 0) is 63.1 Å². The first-order chi connectivity index (χ1) is 7.58. The van der Waals surface area contributed by atoms with Crippen molar-refractivity contribution in [2.24, 2.45) is 0 Å². The lowest BCUT2D eigenvalue weighted by Crippen LogP contribution is -2.37. The molecule has 3 nitrogen and oxygen atoms in total. The average molecular weight is 398 g/mol. The smallest absolute Gasteiger partial charge is 0.252 e. The fourth-order valence-corrected chi connectivity index (χ4v) is 2.13. The van der Waals surface area contributed by atoms with Crippen LogP contribution in [0.1, 0.15) is 23.7 Å². The Kier molecular flexibility index (Phi) is 5.71. The molecule has 1 rings (SSSR count). The Morgan fingerprint density at radius 3 is 2.88 bits per heavy atom. The van der Waals surface area contributed by atoms with Gasteiger partial charge in [-0.25, -0.2) is 0 Å². The van der Waals surface area contributed by atoms with Crippen LogP contribution >= 0.6 is 38.5 Å². The van der Waals surface area contributed by atoms with E-state index in [1.54, 1.807) is 0 Å². The summed E-state index contributed by atoms with van der Waals surface area (Å²) < 4.78 is 1.77. The highest BCUT2D eigenvalue weighted by atomic mass is 127. The number of hydrogen-bond donors (Lipinski definition) is 2. The first-order valence-electron chi connectivity index (χ1n) is 4.95. The molecular weight excluding hydrogens is 385 g/mol. The maximum absolute atomic E-state index is 11.9. The van der Waals surface area contributed by atoms with E-state index in [9.17, 15) is 4.79 Å². The van der Waals surface area contributed by atoms with Crippen LogP contribution < -0.4 is 5.32 Å². The van der Waals surface area contributed by atoms with Gasteiger partial charge in [0.25, 0.3) is 5.91 Å². The fourth-order valence-electron chi connectivity index (χ4n) is 1.21. The summed E-state index contributed by atoms with van der Waals surface area (Å²) in [7, 11) is 0. The Balaban J connectivity index is 2.83. The van der Waals surface area contributed by atoms with Gasteiger partial charge in [0.2, 0.25) is 0 Å². The Bertz CT molecular complexity index is 380. The van der Waals surface area contributed by atoms with Gasteiger partial charge in [-0.1, -0.05) is 6.92 Å². The summed E-state index contributed by atoms with van der Waals surface area (Å²) in [5.74, 6) is -0.161. The molecular formula is C11H13BrINO2. The molecule has 16 heavy (non-hydrogen) atoms. The minimum atomic E-state index is -0.183. The highest BCUT2D eigenvalue weighted by molar-refractivity contribution is 14.1. The number of carbonyl (C=O) groups excluding carboxylic acids is 1. The molecule has 0 heterocycles. The number of aliphatic hydroxyl groups is 1. The van der Waals surface area contributed by atoms with E-state index in [0.29, 0.717) is 12.0 Å². The molecule has 2 N–H and O–H groups in total. The van der Waals surface area contributed by atoms with E-state index in [1.165, 1.54) is 0 Å². The Hall–Kier alpha value is -0.140. The zero-order valence-electron chi connectivity index (χ0n) is 8.84. The van der Waals surface area contributed by atoms with Gasteiger partial charge in [-0.15, -0.1) is 0 Å². The largest absolute Gasteiger partial charge is 0.394 e. The SMILES string of the molecule is CC[C@@H](CO)NC(=O)c1cc(I)ccc1Br. The highest BCUT2D eigenvalue weighted by Gasteiger charge is 2.14. The number of nitrogens with one attached hydrogen (secondary N) is 1. The van der Waals surface area contributed by atoms with Gasteiger partial charge in [0.15, 0.2) is 0 Å². The van der Waals surface area contributed by atoms with Crippen LogP contribution in [0.2, 0.25) is 0 Å². The van der Waals surface area contributed by atoms with Crippen molar-refractivity contribution in [2.45, 2.75) is 19.4 Å². The third kappa shape index (κ3) is 3.71. The molecule has 0 aliphatic rings. The van der Waals surface area contributed by atoms with E-state index in [1.807, 2.05) is 25.1 Å². The van der Waals surface area contributed by atoms with Gasteiger partial charge < -0.3 is 10.4 Å². The molecule has 5 heteroatoms. The molecule has 88 valence electrons. The van der Waals surface area contributed by atoms with Crippen molar-refractivity contribution in [2.75, 3.05) is 6.61 Å². The van der Waals surface area contributed by atoms with Crippen LogP contribution in [-0.4, -0.2) is 23.7 Å². The van der Waals surface area contributed by atoms with Gasteiger partial charge in [-0.2, -0.15) is 0 Å². The van der Waals surface area contributed by atoms with E-state index in [4.69, 9.17) is 5.11 Å². The summed E-state index contributed by atoms with van der Waals surface area (Å²) in [4.78, 5) is 11.9. The number of benzene rings is 1. The minimum Gasteiger partial charge on any atom is -0.394 e. The van der Waals surface area contributed by atoms with Gasteiger partial charge in [-0.3, -0.25) is 4.79 Å². The van der Waals surface area contributed by atoms with Gasteiger partial charge in [0.1, 0.15) is 0 Å². The Labute approximate surface area is 117 Å². The Morgan fingerprint density at radius 2 is 2.31 bits per heavy atom. The lowest BCUT2D eigenvalue weighted by atomic mass is 10.2. The quantitative estimate of drug-likeness (QED) is 0.767. The molecule has 1 aromatic carbocycles. The maximum atomic E-state index is 11.9. The summed E-state index contributed by atoms with van der Waals surface area (Å²) in [6.07, 6.45) is 0.712. The minimum absolute atomic E-state index is 0.0379. The molecule has 1 amide bonds. The van der Waals surface area contributed by atoms with Crippen LogP contribution in [0.3, 0.4) is 0 Å². The van der Waals surface area contributed by atoms with Crippen molar-refractivity contribution in [3.05, 3.63) is 31.8 Å². The van der Waals surface area contributed by atoms with Crippen molar-refractivity contribution in [3.63, 3.8) is 0 Å². The number of hydrogen-bond acceptors (Lipinski definition) is 2. The maximum Gasteiger partial charge on any atom is 0.252 e. The molecule has 0 spiro atoms. The van der Waals surface area contributed by atoms with E-state index >= 15 is 0 Å². The standard InChI is InChI=1S/C11H13BrINO2/c1-2-8(6-15)14-11(16)9-5-7(13)3-4-10(9)12/h3-5,8,15H,2,6H2,1H3,(H,14,16)/t8-/m0/s1. The molecule has 0 aliphatic carbocycles. The lowest BCUT2D eigenvalue weighted by Gasteiger charge is -2.14. The summed E-state index contributed by atoms with van der Waals surface area (Å²) in [5.41, 5.74) is 0.596. The van der Waals surface area contributed by atoms with Gasteiger partial charge in [0.05, 0.1) is 18.2 Å². The number of amides is 1. The third-order valence-electron chi connectivity index (χ3n) is 2.22. The third-order valence-corrected chi connectivity index (χ3v) is 3.58. The number of carbonyl (C=O) groups is 1. The molecule has 0 radical (unpaired) electrons. The molecule has 0 fully saturated rings. The van der Waals surface area contributed by atoms with Crippen LogP contribution in [0.15, 0.2) is 22.7 Å². The highest BCUT2D eigenvalue weighted by Crippen LogP contribution is 2.19. The fraction of sp³-hybridized carbons (Fsp3) is 0.364. The monoisotopic (exact) mass is 397 g/mol. The van der Waals surface area contributed by atoms with E-state index in [2.05, 4.69) is 43.8 Å². The predicted octanol–water partition coefficient (Wildman–Crippen LogP) is 2.55. The normalized spacial score (nSPS) is 12.2. The van der Waals surface area contributed by atoms with Crippen LogP contribution in [-0.2, 0) is 0 Å². The molecule has 0 saturated carbocycles. The molecule has 1 aromatic rings. The molecule has 0 unspecified atom stereocenters. The second-order valence-electron chi connectivity index (χ2n) is 3.39. The first-order valence-corrected chi connectivity index (χ1v) is 6.82. The van der Waals surface area contributed by atoms with E-state index in [0.717, 1.165) is 8.04 Å². The summed E-state index contributed by atoms with van der Waals surface area (Å²) in [6.45, 7) is 1.88. The van der Waals surface area contributed by atoms with Crippen molar-refractivity contribution >= 4 is 44.4 Å². The Morgan fingerprint density at radius 1 is 1.62 bits per heavy atom. The van der Waals surface area contributed by atoms with Gasteiger partial charge >= 0.3 is 0 Å². The molecule has 0 aliphatic heterocycles. The molecule has 0 bridgehead atoms. The van der Waals surface area contributed by atoms with Crippen LogP contribution in [0.4, 0.5) is 0 Å². The lowest BCUT2D eigenvalue weighted by molar-refractivity contribution is 0.0914. The van der Waals surface area contributed by atoms with Crippen LogP contribution in [0.25, 0.3) is 0 Å². The van der Waals surface area contributed by atoms with Crippen LogP contribution in [0, 0.1) is 3.57 Å². The van der Waals surface area contributed by atoms with Crippen LogP contribution in [0.5, 0.6) is 0 Å². The number of halogens is 2. The molecule has 0 saturated heterocycles. The van der Waals surface area contributed by atoms with E-state index in [-0.39, 0.29) is 18.6 Å². The molecule has 0 aromatic heterocycles. The summed E-state index contributed by atoms with van der Waals surface area (Å²) in [5, 5.41) is 11.8. The van der Waals surface area contributed by atoms with Crippen molar-refractivity contribution in [1.29, 1.82) is 0 Å². The summed E-state index contributed by atoms with van der Waals surface area (Å²) in [6, 6.07) is 5.39. The average Bonchev–Trinajstić information content (AvgIpc) is 2.28. The first kappa shape index (κ1) is 13.9. The van der Waals surface area contributed by atoms with Crippen molar-refractivity contribution < 1.29 is 9.90 Å². The predicted molar refractivity (Wildman–Crippen MR) is 75.5 cm³/mol. The number of rotatable bonds is 4. The van der Waals surface area contributed by atoms with Crippen molar-refractivity contribution in [1.82, 2.24) is 5.32 Å². The topological polar surface area (TPSA) is 49.3 Å². The van der Waals surface area contributed by atoms with E-state index < -0.39 is 0 Å². The second-order valence-corrected chi connectivity index (χ2v) is 5.49. The summed E-state index contributed by atoms with van der Waals surface area (Å²) >= 11 is 5.50. The van der Waals surface area contributed by atoms with Gasteiger partial charge in [0, 0.05) is 8.04 Å². The second kappa shape index (κ2) is 6.56. The zero-order chi connectivity index (χ0) is 12.1.